The van der Waals surface area contributed by atoms with Crippen LogP contribution in [-0.4, -0.2) is 34.6 Å². The number of aromatic nitrogens is 2. The number of halogens is 1. The maximum atomic E-state index is 13.0. The molecule has 1 saturated heterocycles. The molecule has 7 heteroatoms. The maximum Gasteiger partial charge on any atom is 0.254 e. The van der Waals surface area contributed by atoms with Crippen molar-refractivity contribution in [2.75, 3.05) is 13.7 Å². The van der Waals surface area contributed by atoms with Crippen molar-refractivity contribution in [2.45, 2.75) is 25.3 Å². The van der Waals surface area contributed by atoms with Crippen LogP contribution in [-0.2, 0) is 0 Å². The molecule has 0 bridgehead atoms. The highest BCUT2D eigenvalue weighted by Gasteiger charge is 2.32. The second kappa shape index (κ2) is 8.02. The van der Waals surface area contributed by atoms with Crippen molar-refractivity contribution in [1.29, 1.82) is 0 Å². The number of rotatable bonds is 4. The summed E-state index contributed by atoms with van der Waals surface area (Å²) >= 11 is 6.05. The number of nitrogens with zero attached hydrogens (tertiary/aromatic N) is 3. The molecule has 2 heterocycles. The maximum absolute atomic E-state index is 13.0. The molecule has 6 nitrogen and oxygen atoms in total. The third-order valence-electron chi connectivity index (χ3n) is 4.91. The summed E-state index contributed by atoms with van der Waals surface area (Å²) in [5.74, 6) is 1.65. The lowest BCUT2D eigenvalue weighted by molar-refractivity contribution is 0.0561. The fraction of sp³-hybridized carbons (Fsp3) is 0.286. The first-order valence-corrected chi connectivity index (χ1v) is 9.58. The smallest absolute Gasteiger partial charge is 0.254 e. The first-order chi connectivity index (χ1) is 13.7. The van der Waals surface area contributed by atoms with E-state index < -0.39 is 0 Å². The molecule has 1 amide bonds. The summed E-state index contributed by atoms with van der Waals surface area (Å²) in [4.78, 5) is 19.4. The second-order valence-corrected chi connectivity index (χ2v) is 7.14. The molecule has 1 atom stereocenters. The van der Waals surface area contributed by atoms with Crippen LogP contribution in [0.4, 0.5) is 0 Å². The molecular formula is C21H20ClN3O3. The zero-order valence-electron chi connectivity index (χ0n) is 15.5. The Morgan fingerprint density at radius 1 is 1.21 bits per heavy atom. The summed E-state index contributed by atoms with van der Waals surface area (Å²) in [7, 11) is 1.62. The van der Waals surface area contributed by atoms with E-state index in [1.54, 1.807) is 36.3 Å². The fourth-order valence-corrected chi connectivity index (χ4v) is 3.64. The monoisotopic (exact) mass is 397 g/mol. The van der Waals surface area contributed by atoms with Gasteiger partial charge in [0.1, 0.15) is 11.8 Å². The van der Waals surface area contributed by atoms with Gasteiger partial charge < -0.3 is 14.2 Å². The zero-order chi connectivity index (χ0) is 19.5. The molecule has 1 unspecified atom stereocenters. The molecule has 2 aromatic carbocycles. The van der Waals surface area contributed by atoms with Crippen LogP contribution in [0.2, 0.25) is 5.02 Å². The van der Waals surface area contributed by atoms with Gasteiger partial charge in [-0.1, -0.05) is 22.8 Å². The average Bonchev–Trinajstić information content (AvgIpc) is 3.23. The molecule has 144 valence electrons. The van der Waals surface area contributed by atoms with Crippen molar-refractivity contribution in [3.63, 3.8) is 0 Å². The van der Waals surface area contributed by atoms with E-state index >= 15 is 0 Å². The molecule has 1 aliphatic rings. The van der Waals surface area contributed by atoms with E-state index in [1.807, 2.05) is 24.3 Å². The number of hydrogen-bond acceptors (Lipinski definition) is 5. The van der Waals surface area contributed by atoms with Gasteiger partial charge in [0.25, 0.3) is 5.91 Å². The Kier molecular flexibility index (Phi) is 5.30. The van der Waals surface area contributed by atoms with Crippen LogP contribution in [0.1, 0.15) is 41.6 Å². The first-order valence-electron chi connectivity index (χ1n) is 9.20. The number of hydrogen-bond donors (Lipinski definition) is 0. The summed E-state index contributed by atoms with van der Waals surface area (Å²) in [5.41, 5.74) is 1.40. The molecule has 1 aliphatic heterocycles. The van der Waals surface area contributed by atoms with Gasteiger partial charge in [0, 0.05) is 22.7 Å². The van der Waals surface area contributed by atoms with Crippen LogP contribution < -0.4 is 4.74 Å². The van der Waals surface area contributed by atoms with Gasteiger partial charge >= 0.3 is 0 Å². The number of piperidine rings is 1. The van der Waals surface area contributed by atoms with Crippen molar-refractivity contribution in [2.24, 2.45) is 0 Å². The van der Waals surface area contributed by atoms with Gasteiger partial charge in [0.2, 0.25) is 11.7 Å². The Balaban J connectivity index is 1.59. The molecule has 0 aliphatic carbocycles. The minimum Gasteiger partial charge on any atom is -0.497 e. The molecular weight excluding hydrogens is 378 g/mol. The minimum atomic E-state index is -0.236. The fourth-order valence-electron chi connectivity index (χ4n) is 3.45. The van der Waals surface area contributed by atoms with Crippen molar-refractivity contribution >= 4 is 17.5 Å². The molecule has 0 radical (unpaired) electrons. The Morgan fingerprint density at radius 3 is 2.79 bits per heavy atom. The zero-order valence-corrected chi connectivity index (χ0v) is 16.2. The number of methoxy groups -OCH3 is 1. The molecule has 3 aromatic rings. The van der Waals surface area contributed by atoms with Gasteiger partial charge in [-0.3, -0.25) is 4.79 Å². The summed E-state index contributed by atoms with van der Waals surface area (Å²) in [6.07, 6.45) is 2.74. The number of benzene rings is 2. The van der Waals surface area contributed by atoms with Crippen molar-refractivity contribution in [3.05, 3.63) is 65.0 Å². The summed E-state index contributed by atoms with van der Waals surface area (Å²) < 4.78 is 10.7. The molecule has 0 saturated carbocycles. The normalized spacial score (nSPS) is 16.8. The van der Waals surface area contributed by atoms with Gasteiger partial charge in [0.15, 0.2) is 0 Å². The summed E-state index contributed by atoms with van der Waals surface area (Å²) in [6.45, 7) is 0.649. The Morgan fingerprint density at radius 2 is 2.04 bits per heavy atom. The van der Waals surface area contributed by atoms with E-state index in [2.05, 4.69) is 10.1 Å². The first kappa shape index (κ1) is 18.5. The highest BCUT2D eigenvalue weighted by Crippen LogP contribution is 2.32. The van der Waals surface area contributed by atoms with Gasteiger partial charge in [-0.15, -0.1) is 0 Å². The highest BCUT2D eigenvalue weighted by molar-refractivity contribution is 6.30. The van der Waals surface area contributed by atoms with Crippen LogP contribution >= 0.6 is 11.6 Å². The Bertz CT molecular complexity index is 971. The third-order valence-corrected chi connectivity index (χ3v) is 5.15. The van der Waals surface area contributed by atoms with Crippen molar-refractivity contribution < 1.29 is 14.1 Å². The van der Waals surface area contributed by atoms with E-state index in [1.165, 1.54) is 0 Å². The molecule has 1 aromatic heterocycles. The van der Waals surface area contributed by atoms with Gasteiger partial charge in [-0.2, -0.15) is 4.98 Å². The van der Waals surface area contributed by atoms with Crippen LogP contribution in [0.25, 0.3) is 11.4 Å². The quantitative estimate of drug-likeness (QED) is 0.634. The predicted molar refractivity (Wildman–Crippen MR) is 105 cm³/mol. The molecule has 0 N–H and O–H groups in total. The number of amides is 1. The summed E-state index contributed by atoms with van der Waals surface area (Å²) in [5, 5.41) is 4.65. The lowest BCUT2D eigenvalue weighted by Gasteiger charge is -2.33. The van der Waals surface area contributed by atoms with E-state index in [-0.39, 0.29) is 11.9 Å². The van der Waals surface area contributed by atoms with Gasteiger partial charge in [-0.25, -0.2) is 0 Å². The van der Waals surface area contributed by atoms with Gasteiger partial charge in [0.05, 0.1) is 7.11 Å². The third kappa shape index (κ3) is 3.73. The number of ether oxygens (including phenoxy) is 1. The lowest BCUT2D eigenvalue weighted by Crippen LogP contribution is -2.38. The Hall–Kier alpha value is -2.86. The second-order valence-electron chi connectivity index (χ2n) is 6.71. The van der Waals surface area contributed by atoms with Crippen molar-refractivity contribution in [3.8, 4) is 17.1 Å². The largest absolute Gasteiger partial charge is 0.497 e. The lowest BCUT2D eigenvalue weighted by atomic mass is 10.0. The summed E-state index contributed by atoms with van der Waals surface area (Å²) in [6, 6.07) is 14.2. The standard InChI is InChI=1S/C21H20ClN3O3/c1-27-17-10-8-14(9-11-17)19-23-20(28-24-19)18-7-2-3-12-25(18)21(26)15-5-4-6-16(22)13-15/h4-6,8-11,13,18H,2-3,7,12H2,1H3. The predicted octanol–water partition coefficient (Wildman–Crippen LogP) is 4.77. The number of likely N-dealkylation sites (tertiary alicyclic amines) is 1. The minimum absolute atomic E-state index is 0.0728. The van der Waals surface area contributed by atoms with Crippen molar-refractivity contribution in [1.82, 2.24) is 15.0 Å². The van der Waals surface area contributed by atoms with Crippen LogP contribution in [0.5, 0.6) is 5.75 Å². The van der Waals surface area contributed by atoms with Crippen LogP contribution in [0, 0.1) is 0 Å². The van der Waals surface area contributed by atoms with Gasteiger partial charge in [-0.05, 0) is 61.7 Å². The highest BCUT2D eigenvalue weighted by atomic mass is 35.5. The van der Waals surface area contributed by atoms with E-state index in [0.717, 1.165) is 30.6 Å². The van der Waals surface area contributed by atoms with E-state index in [4.69, 9.17) is 20.9 Å². The molecule has 4 rings (SSSR count). The SMILES string of the molecule is COc1ccc(-c2noc(C3CCCCN3C(=O)c3cccc(Cl)c3)n2)cc1. The molecule has 1 fully saturated rings. The Labute approximate surface area is 168 Å². The van der Waals surface area contributed by atoms with E-state index in [0.29, 0.717) is 28.8 Å². The average molecular weight is 398 g/mol. The topological polar surface area (TPSA) is 68.5 Å². The van der Waals surface area contributed by atoms with E-state index in [9.17, 15) is 4.79 Å². The number of carbonyl (C=O) groups excluding carboxylic acids is 1. The molecule has 0 spiro atoms. The number of carbonyl (C=O) groups is 1. The van der Waals surface area contributed by atoms with Crippen LogP contribution in [0.15, 0.2) is 53.1 Å². The van der Waals surface area contributed by atoms with Crippen LogP contribution in [0.3, 0.4) is 0 Å². The molecule has 28 heavy (non-hydrogen) atoms.